The number of phenolic OH excluding ortho intramolecular Hbond substituents is 1. The van der Waals surface area contributed by atoms with E-state index in [1.807, 2.05) is 42.5 Å². The van der Waals surface area contributed by atoms with Crippen LogP contribution in [0.25, 0.3) is 22.0 Å². The Labute approximate surface area is 228 Å². The molecule has 0 aliphatic heterocycles. The summed E-state index contributed by atoms with van der Waals surface area (Å²) in [6.07, 6.45) is 6.01. The Hall–Kier alpha value is -2.99. The molecule has 4 aromatic rings. The molecule has 0 amide bonds. The van der Waals surface area contributed by atoms with Crippen LogP contribution in [0.5, 0.6) is 5.75 Å². The monoisotopic (exact) mass is 537 g/mol. The topological polar surface area (TPSA) is 61.0 Å². The van der Waals surface area contributed by atoms with Crippen molar-refractivity contribution in [3.05, 3.63) is 87.8 Å². The van der Waals surface area contributed by atoms with E-state index >= 15 is 0 Å². The molecule has 1 aromatic heterocycles. The van der Waals surface area contributed by atoms with E-state index in [1.54, 1.807) is 24.4 Å². The lowest BCUT2D eigenvalue weighted by Crippen LogP contribution is -2.25. The van der Waals surface area contributed by atoms with Crippen molar-refractivity contribution in [2.45, 2.75) is 46.1 Å². The minimum atomic E-state index is 0.261. The molecule has 37 heavy (non-hydrogen) atoms. The van der Waals surface area contributed by atoms with Crippen molar-refractivity contribution in [2.24, 2.45) is 4.99 Å². The van der Waals surface area contributed by atoms with Gasteiger partial charge in [-0.3, -0.25) is 4.90 Å². The third-order valence-corrected chi connectivity index (χ3v) is 6.97. The fourth-order valence-electron chi connectivity index (χ4n) is 4.45. The lowest BCUT2D eigenvalue weighted by Gasteiger charge is -2.23. The molecule has 2 N–H and O–H groups in total. The van der Waals surface area contributed by atoms with Gasteiger partial charge in [0.1, 0.15) is 5.75 Å². The Morgan fingerprint density at radius 2 is 1.54 bits per heavy atom. The molecule has 3 aromatic carbocycles. The van der Waals surface area contributed by atoms with Gasteiger partial charge in [0, 0.05) is 39.3 Å². The maximum Gasteiger partial charge on any atom is 0.128 e. The number of nitrogens with zero attached hydrogens (tertiary/aromatic N) is 3. The predicted molar refractivity (Wildman–Crippen MR) is 153 cm³/mol. The molecule has 194 valence electrons. The van der Waals surface area contributed by atoms with E-state index in [2.05, 4.69) is 18.7 Å². The van der Waals surface area contributed by atoms with Crippen molar-refractivity contribution >= 4 is 39.8 Å². The van der Waals surface area contributed by atoms with Crippen LogP contribution in [0.1, 0.15) is 45.1 Å². The Bertz CT molecular complexity index is 1420. The zero-order chi connectivity index (χ0) is 26.4. The van der Waals surface area contributed by atoms with Crippen molar-refractivity contribution in [3.63, 3.8) is 0 Å². The summed E-state index contributed by atoms with van der Waals surface area (Å²) in [6.45, 7) is 6.99. The van der Waals surface area contributed by atoms with Crippen LogP contribution in [0, 0.1) is 0 Å². The number of pyridine rings is 1. The standard InChI is InChI=1S/C30H33Cl2N3O2/c1-3-5-14-34(15-6-4-2)20-22-17-25(19-27(30(22)36)21-7-9-23(31)10-8-21)33-28-13-16-35(37)29-18-24(32)11-12-26(28)29/h7-13,16-19,36-37H,3-6,14-15,20H2,1-2H3. The molecule has 0 aliphatic rings. The minimum absolute atomic E-state index is 0.261. The van der Waals surface area contributed by atoms with Crippen LogP contribution >= 0.6 is 23.2 Å². The minimum Gasteiger partial charge on any atom is -0.507 e. The summed E-state index contributed by atoms with van der Waals surface area (Å²) in [6, 6.07) is 18.4. The Balaban J connectivity index is 1.86. The zero-order valence-electron chi connectivity index (χ0n) is 21.3. The van der Waals surface area contributed by atoms with Gasteiger partial charge in [0.2, 0.25) is 0 Å². The Kier molecular flexibility index (Phi) is 9.14. The maximum absolute atomic E-state index is 11.4. The highest BCUT2D eigenvalue weighted by atomic mass is 35.5. The summed E-state index contributed by atoms with van der Waals surface area (Å²) in [5.74, 6) is 0.261. The third kappa shape index (κ3) is 6.67. The van der Waals surface area contributed by atoms with Gasteiger partial charge in [-0.2, -0.15) is 4.73 Å². The first-order valence-electron chi connectivity index (χ1n) is 12.8. The molecule has 0 saturated carbocycles. The summed E-state index contributed by atoms with van der Waals surface area (Å²) in [4.78, 5) is 7.36. The van der Waals surface area contributed by atoms with E-state index in [-0.39, 0.29) is 5.75 Å². The van der Waals surface area contributed by atoms with Gasteiger partial charge in [-0.1, -0.05) is 62.0 Å². The number of aromatic nitrogens is 1. The Morgan fingerprint density at radius 3 is 2.22 bits per heavy atom. The van der Waals surface area contributed by atoms with Crippen molar-refractivity contribution < 1.29 is 10.3 Å². The van der Waals surface area contributed by atoms with Gasteiger partial charge in [-0.15, -0.1) is 0 Å². The molecule has 4 rings (SSSR count). The van der Waals surface area contributed by atoms with Crippen LogP contribution in [0.2, 0.25) is 10.0 Å². The predicted octanol–water partition coefficient (Wildman–Crippen LogP) is 8.19. The van der Waals surface area contributed by atoms with Crippen molar-refractivity contribution in [3.8, 4) is 16.9 Å². The lowest BCUT2D eigenvalue weighted by molar-refractivity contribution is 0.198. The number of aromatic hydroxyl groups is 1. The second kappa shape index (κ2) is 12.5. The zero-order valence-corrected chi connectivity index (χ0v) is 22.8. The first kappa shape index (κ1) is 27.1. The van der Waals surface area contributed by atoms with Crippen LogP contribution in [0.15, 0.2) is 71.9 Å². The second-order valence-electron chi connectivity index (χ2n) is 9.31. The van der Waals surface area contributed by atoms with Gasteiger partial charge in [-0.05, 0) is 80.0 Å². The first-order valence-corrected chi connectivity index (χ1v) is 13.5. The number of fused-ring (bicyclic) bond motifs is 1. The summed E-state index contributed by atoms with van der Waals surface area (Å²) < 4.78 is 1.04. The number of rotatable bonds is 10. The van der Waals surface area contributed by atoms with Crippen LogP contribution < -0.4 is 5.36 Å². The molecule has 0 saturated heterocycles. The fraction of sp³-hybridized carbons (Fsp3) is 0.300. The van der Waals surface area contributed by atoms with E-state index < -0.39 is 0 Å². The van der Waals surface area contributed by atoms with Gasteiger partial charge >= 0.3 is 0 Å². The quantitative estimate of drug-likeness (QED) is 0.200. The first-order chi connectivity index (χ1) is 17.9. The smallest absolute Gasteiger partial charge is 0.128 e. The summed E-state index contributed by atoms with van der Waals surface area (Å²) in [5, 5.41) is 24.3. The van der Waals surface area contributed by atoms with Gasteiger partial charge in [0.05, 0.1) is 16.6 Å². The molecule has 0 unspecified atom stereocenters. The number of unbranched alkanes of at least 4 members (excludes halogenated alkanes) is 2. The van der Waals surface area contributed by atoms with Crippen molar-refractivity contribution in [1.29, 1.82) is 0 Å². The summed E-state index contributed by atoms with van der Waals surface area (Å²) >= 11 is 12.3. The molecule has 7 heteroatoms. The number of phenols is 1. The van der Waals surface area contributed by atoms with Gasteiger partial charge in [0.15, 0.2) is 0 Å². The lowest BCUT2D eigenvalue weighted by atomic mass is 9.99. The van der Waals surface area contributed by atoms with Crippen LogP contribution in [-0.4, -0.2) is 33.0 Å². The average molecular weight is 539 g/mol. The third-order valence-electron chi connectivity index (χ3n) is 6.48. The molecular formula is C30H33Cl2N3O2. The molecule has 0 bridgehead atoms. The number of benzene rings is 3. The highest BCUT2D eigenvalue weighted by molar-refractivity contribution is 6.31. The SMILES string of the molecule is CCCCN(CCCC)Cc1cc(N=c2ccn(O)c3cc(Cl)ccc23)cc(-c2ccc(Cl)cc2)c1O. The van der Waals surface area contributed by atoms with Gasteiger partial charge < -0.3 is 10.3 Å². The van der Waals surface area contributed by atoms with E-state index in [0.717, 1.165) is 65.7 Å². The molecule has 0 spiro atoms. The van der Waals surface area contributed by atoms with Crippen molar-refractivity contribution in [2.75, 3.05) is 13.1 Å². The second-order valence-corrected chi connectivity index (χ2v) is 10.2. The molecule has 0 aliphatic carbocycles. The van der Waals surface area contributed by atoms with Gasteiger partial charge in [0.25, 0.3) is 0 Å². The molecule has 5 nitrogen and oxygen atoms in total. The highest BCUT2D eigenvalue weighted by Gasteiger charge is 2.15. The van der Waals surface area contributed by atoms with Crippen LogP contribution in [-0.2, 0) is 6.54 Å². The summed E-state index contributed by atoms with van der Waals surface area (Å²) in [7, 11) is 0. The van der Waals surface area contributed by atoms with E-state index in [0.29, 0.717) is 33.0 Å². The van der Waals surface area contributed by atoms with Crippen LogP contribution in [0.3, 0.4) is 0 Å². The molecule has 0 radical (unpaired) electrons. The number of hydrogen-bond acceptors (Lipinski definition) is 4. The maximum atomic E-state index is 11.4. The molecular weight excluding hydrogens is 505 g/mol. The molecule has 0 fully saturated rings. The summed E-state index contributed by atoms with van der Waals surface area (Å²) in [5.41, 5.74) is 3.69. The van der Waals surface area contributed by atoms with Gasteiger partial charge in [-0.25, -0.2) is 4.99 Å². The van der Waals surface area contributed by atoms with Crippen molar-refractivity contribution in [1.82, 2.24) is 9.63 Å². The van der Waals surface area contributed by atoms with E-state index in [4.69, 9.17) is 28.2 Å². The fourth-order valence-corrected chi connectivity index (χ4v) is 4.74. The average Bonchev–Trinajstić information content (AvgIpc) is 2.89. The largest absolute Gasteiger partial charge is 0.507 e. The van der Waals surface area contributed by atoms with E-state index in [1.165, 1.54) is 0 Å². The molecule has 0 atom stereocenters. The Morgan fingerprint density at radius 1 is 0.865 bits per heavy atom. The molecule has 1 heterocycles. The van der Waals surface area contributed by atoms with Crippen LogP contribution in [0.4, 0.5) is 5.69 Å². The number of halogens is 2. The highest BCUT2D eigenvalue weighted by Crippen LogP contribution is 2.37. The van der Waals surface area contributed by atoms with E-state index in [9.17, 15) is 10.3 Å². The normalized spacial score (nSPS) is 12.1. The number of hydrogen-bond donors (Lipinski definition) is 2.